The van der Waals surface area contributed by atoms with Crippen LogP contribution in [0.4, 0.5) is 11.4 Å². The van der Waals surface area contributed by atoms with Crippen molar-refractivity contribution in [3.63, 3.8) is 0 Å². The second-order valence-electron chi connectivity index (χ2n) is 6.34. The van der Waals surface area contributed by atoms with E-state index in [1.165, 1.54) is 0 Å². The molecule has 0 bridgehead atoms. The van der Waals surface area contributed by atoms with E-state index in [0.29, 0.717) is 41.8 Å². The number of amides is 2. The number of halogens is 2. The Hall–Kier alpha value is -2.85. The Bertz CT molecular complexity index is 873. The number of guanidine groups is 1. The highest BCUT2D eigenvalue weighted by Gasteiger charge is 2.15. The fourth-order valence-electron chi connectivity index (χ4n) is 2.44. The first kappa shape index (κ1) is 26.1. The zero-order valence-corrected chi connectivity index (χ0v) is 18.4. The molecule has 0 aromatic carbocycles. The summed E-state index contributed by atoms with van der Waals surface area (Å²) in [6.45, 7) is 0.724. The average molecular weight is 447 g/mol. The van der Waals surface area contributed by atoms with Crippen LogP contribution in [0.1, 0.15) is 21.0 Å². The molecule has 2 rings (SSSR count). The first-order chi connectivity index (χ1) is 12.7. The molecule has 0 radical (unpaired) electrons. The minimum atomic E-state index is -0.305. The maximum atomic E-state index is 12.3. The number of aromatic nitrogens is 2. The van der Waals surface area contributed by atoms with Crippen LogP contribution in [0, 0.1) is 0 Å². The van der Waals surface area contributed by atoms with Crippen LogP contribution in [0.3, 0.4) is 0 Å². The molecule has 2 heterocycles. The van der Waals surface area contributed by atoms with Crippen molar-refractivity contribution in [1.82, 2.24) is 19.4 Å². The molecule has 29 heavy (non-hydrogen) atoms. The number of rotatable bonds is 6. The summed E-state index contributed by atoms with van der Waals surface area (Å²) in [7, 11) is 7.05. The van der Waals surface area contributed by atoms with Gasteiger partial charge in [0.05, 0.1) is 17.9 Å². The van der Waals surface area contributed by atoms with Gasteiger partial charge >= 0.3 is 0 Å². The van der Waals surface area contributed by atoms with E-state index in [9.17, 15) is 9.59 Å². The normalized spacial score (nSPS) is 10.6. The fraction of sp³-hybridized carbons (Fsp3) is 0.353. The molecule has 12 heteroatoms. The molecule has 0 aliphatic rings. The minimum absolute atomic E-state index is 0. The summed E-state index contributed by atoms with van der Waals surface area (Å²) in [5.74, 6) is -0.172. The predicted octanol–water partition coefficient (Wildman–Crippen LogP) is 0.648. The highest BCUT2D eigenvalue weighted by molar-refractivity contribution is 6.04. The van der Waals surface area contributed by atoms with Gasteiger partial charge in [-0.15, -0.1) is 24.8 Å². The second kappa shape index (κ2) is 11.2. The lowest BCUT2D eigenvalue weighted by Gasteiger charge is -2.10. The zero-order valence-electron chi connectivity index (χ0n) is 16.8. The standard InChI is InChI=1S/C17H26N8O2.2ClH/c1-23(2)17(19)21-6-5-20-15(26)14-8-12(10-25(14)4)22-16(27)13-7-11(18)9-24(13)3;;/h7-10H,5-6,18H2,1-4H3,(H2,19,21)(H,20,26)(H,22,27);2*1H. The first-order valence-corrected chi connectivity index (χ1v) is 8.34. The molecule has 0 aliphatic carbocycles. The van der Waals surface area contributed by atoms with Gasteiger partial charge in [0.25, 0.3) is 11.8 Å². The van der Waals surface area contributed by atoms with E-state index in [1.54, 1.807) is 66.8 Å². The molecule has 10 nitrogen and oxygen atoms in total. The van der Waals surface area contributed by atoms with Crippen molar-refractivity contribution < 1.29 is 9.59 Å². The molecule has 0 saturated carbocycles. The molecule has 0 atom stereocenters. The molecular formula is C17H28Cl2N8O2. The number of nitrogens with one attached hydrogen (secondary N) is 2. The monoisotopic (exact) mass is 446 g/mol. The summed E-state index contributed by atoms with van der Waals surface area (Å²) in [4.78, 5) is 30.5. The number of hydrogen-bond donors (Lipinski definition) is 4. The number of carbonyl (C=O) groups is 2. The number of nitrogens with zero attached hydrogens (tertiary/aromatic N) is 4. The van der Waals surface area contributed by atoms with Gasteiger partial charge < -0.3 is 36.1 Å². The third-order valence-electron chi connectivity index (χ3n) is 3.88. The predicted molar refractivity (Wildman–Crippen MR) is 120 cm³/mol. The summed E-state index contributed by atoms with van der Waals surface area (Å²) in [5, 5.41) is 5.53. The van der Waals surface area contributed by atoms with Gasteiger partial charge in [0.15, 0.2) is 5.96 Å². The van der Waals surface area contributed by atoms with Crippen molar-refractivity contribution in [3.05, 3.63) is 35.9 Å². The van der Waals surface area contributed by atoms with E-state index in [-0.39, 0.29) is 36.6 Å². The van der Waals surface area contributed by atoms with E-state index >= 15 is 0 Å². The van der Waals surface area contributed by atoms with Crippen molar-refractivity contribution in [1.29, 1.82) is 0 Å². The lowest BCUT2D eigenvalue weighted by Crippen LogP contribution is -2.32. The van der Waals surface area contributed by atoms with E-state index in [1.807, 2.05) is 0 Å². The van der Waals surface area contributed by atoms with Gasteiger partial charge in [0, 0.05) is 47.1 Å². The molecule has 2 amide bonds. The summed E-state index contributed by atoms with van der Waals surface area (Å²) in [5.41, 5.74) is 13.3. The van der Waals surface area contributed by atoms with Gasteiger partial charge in [-0.05, 0) is 12.1 Å². The smallest absolute Gasteiger partial charge is 0.272 e. The maximum absolute atomic E-state index is 12.3. The van der Waals surface area contributed by atoms with Gasteiger partial charge in [-0.1, -0.05) is 0 Å². The van der Waals surface area contributed by atoms with Crippen molar-refractivity contribution in [2.45, 2.75) is 0 Å². The Morgan fingerprint density at radius 3 is 2.21 bits per heavy atom. The van der Waals surface area contributed by atoms with Gasteiger partial charge in [-0.3, -0.25) is 14.6 Å². The highest BCUT2D eigenvalue weighted by atomic mass is 35.5. The molecule has 162 valence electrons. The minimum Gasteiger partial charge on any atom is -0.397 e. The van der Waals surface area contributed by atoms with Crippen LogP contribution in [0.2, 0.25) is 0 Å². The summed E-state index contributed by atoms with van der Waals surface area (Å²) >= 11 is 0. The SMILES string of the molecule is CN(C)C(N)=NCCNC(=O)c1cc(NC(=O)c2cc(N)cn2C)cn1C.Cl.Cl. The molecule has 0 spiro atoms. The van der Waals surface area contributed by atoms with Crippen LogP contribution in [0.5, 0.6) is 0 Å². The molecule has 2 aromatic rings. The van der Waals surface area contributed by atoms with E-state index < -0.39 is 0 Å². The van der Waals surface area contributed by atoms with E-state index in [0.717, 1.165) is 0 Å². The van der Waals surface area contributed by atoms with Crippen LogP contribution in [-0.2, 0) is 14.1 Å². The third kappa shape index (κ3) is 6.91. The molecule has 0 aliphatic heterocycles. The molecular weight excluding hydrogens is 419 g/mol. The van der Waals surface area contributed by atoms with Crippen molar-refractivity contribution in [3.8, 4) is 0 Å². The van der Waals surface area contributed by atoms with Crippen molar-refractivity contribution in [2.75, 3.05) is 38.2 Å². The van der Waals surface area contributed by atoms with Crippen LogP contribution < -0.4 is 22.1 Å². The Morgan fingerprint density at radius 2 is 1.66 bits per heavy atom. The number of hydrogen-bond acceptors (Lipinski definition) is 4. The largest absolute Gasteiger partial charge is 0.397 e. The topological polar surface area (TPSA) is 136 Å². The lowest BCUT2D eigenvalue weighted by molar-refractivity contribution is 0.0945. The van der Waals surface area contributed by atoms with Crippen LogP contribution in [0.15, 0.2) is 29.5 Å². The first-order valence-electron chi connectivity index (χ1n) is 8.34. The van der Waals surface area contributed by atoms with Crippen LogP contribution >= 0.6 is 24.8 Å². The van der Waals surface area contributed by atoms with Crippen molar-refractivity contribution >= 4 is 54.0 Å². The number of anilines is 2. The van der Waals surface area contributed by atoms with Gasteiger partial charge in [0.2, 0.25) is 0 Å². The highest BCUT2D eigenvalue weighted by Crippen LogP contribution is 2.16. The number of nitrogens with two attached hydrogens (primary N) is 2. The van der Waals surface area contributed by atoms with Crippen molar-refractivity contribution in [2.24, 2.45) is 24.8 Å². The van der Waals surface area contributed by atoms with E-state index in [4.69, 9.17) is 11.5 Å². The average Bonchev–Trinajstić information content (AvgIpc) is 3.12. The number of aliphatic imine (C=N–C) groups is 1. The van der Waals surface area contributed by atoms with Crippen LogP contribution in [0.25, 0.3) is 0 Å². The molecule has 0 fully saturated rings. The van der Waals surface area contributed by atoms with Gasteiger partial charge in [-0.2, -0.15) is 0 Å². The number of nitrogen functional groups attached to an aromatic ring is 1. The van der Waals surface area contributed by atoms with Gasteiger partial charge in [-0.25, -0.2) is 0 Å². The fourth-order valence-corrected chi connectivity index (χ4v) is 2.44. The number of aryl methyl sites for hydroxylation is 2. The van der Waals surface area contributed by atoms with E-state index in [2.05, 4.69) is 15.6 Å². The maximum Gasteiger partial charge on any atom is 0.272 e. The number of carbonyl (C=O) groups excluding carboxylic acids is 2. The second-order valence-corrected chi connectivity index (χ2v) is 6.34. The Labute approximate surface area is 182 Å². The Morgan fingerprint density at radius 1 is 1.07 bits per heavy atom. The molecule has 0 saturated heterocycles. The summed E-state index contributed by atoms with van der Waals surface area (Å²) < 4.78 is 3.28. The third-order valence-corrected chi connectivity index (χ3v) is 3.88. The van der Waals surface area contributed by atoms with Crippen LogP contribution in [-0.4, -0.2) is 59.0 Å². The Balaban J connectivity index is 0.00000392. The lowest BCUT2D eigenvalue weighted by atomic mass is 10.3. The molecule has 6 N–H and O–H groups in total. The summed E-state index contributed by atoms with van der Waals surface area (Å²) in [6.07, 6.45) is 3.33. The quantitative estimate of drug-likeness (QED) is 0.293. The van der Waals surface area contributed by atoms with Gasteiger partial charge in [0.1, 0.15) is 11.4 Å². The molecule has 0 unspecified atom stereocenters. The Kier molecular flexibility index (Phi) is 10.1. The zero-order chi connectivity index (χ0) is 20.1. The summed E-state index contributed by atoms with van der Waals surface area (Å²) in [6, 6.07) is 3.20. The molecule has 2 aromatic heterocycles.